The van der Waals surface area contributed by atoms with Crippen molar-refractivity contribution in [2.75, 3.05) is 0 Å². The largest absolute Gasteiger partial charge is 0.328 e. The monoisotopic (exact) mass is 260 g/mol. The Labute approximate surface area is 101 Å². The minimum atomic E-state index is -3.67. The summed E-state index contributed by atoms with van der Waals surface area (Å²) in [4.78, 5) is -0.0750. The van der Waals surface area contributed by atoms with Crippen LogP contribution < -0.4 is 10.5 Å². The number of nitrogens with one attached hydrogen (secondary N) is 1. The molecule has 0 aliphatic carbocycles. The fraction of sp³-hybridized carbons (Fsp3) is 0.455. The van der Waals surface area contributed by atoms with E-state index in [9.17, 15) is 12.8 Å². The quantitative estimate of drug-likeness (QED) is 0.836. The van der Waals surface area contributed by atoms with Crippen LogP contribution in [0.3, 0.4) is 0 Å². The van der Waals surface area contributed by atoms with Crippen LogP contribution in [0.1, 0.15) is 20.3 Å². The van der Waals surface area contributed by atoms with E-state index in [1.165, 1.54) is 18.2 Å². The summed E-state index contributed by atoms with van der Waals surface area (Å²) in [5, 5.41) is 0. The fourth-order valence-electron chi connectivity index (χ4n) is 1.57. The molecule has 6 heteroatoms. The summed E-state index contributed by atoms with van der Waals surface area (Å²) in [5.41, 5.74) is 5.58. The van der Waals surface area contributed by atoms with Crippen LogP contribution >= 0.6 is 0 Å². The molecule has 0 aliphatic heterocycles. The molecule has 3 N–H and O–H groups in total. The lowest BCUT2D eigenvalue weighted by Crippen LogP contribution is -2.36. The van der Waals surface area contributed by atoms with Crippen molar-refractivity contribution in [1.82, 2.24) is 4.72 Å². The summed E-state index contributed by atoms with van der Waals surface area (Å²) in [6.45, 7) is 3.52. The van der Waals surface area contributed by atoms with Gasteiger partial charge in [-0.1, -0.05) is 6.07 Å². The highest BCUT2D eigenvalue weighted by molar-refractivity contribution is 7.89. The zero-order valence-corrected chi connectivity index (χ0v) is 10.7. The van der Waals surface area contributed by atoms with E-state index in [1.54, 1.807) is 13.8 Å². The Morgan fingerprint density at radius 2 is 2.06 bits per heavy atom. The molecule has 0 bridgehead atoms. The molecule has 0 aromatic heterocycles. The SMILES string of the molecule is CC(N)CC(C)NS(=O)(=O)c1cccc(F)c1. The Bertz CT molecular complexity index is 474. The summed E-state index contributed by atoms with van der Waals surface area (Å²) in [5.74, 6) is -0.576. The van der Waals surface area contributed by atoms with Crippen molar-refractivity contribution in [3.63, 3.8) is 0 Å². The van der Waals surface area contributed by atoms with Crippen LogP contribution in [-0.2, 0) is 10.0 Å². The predicted molar refractivity (Wildman–Crippen MR) is 64.4 cm³/mol. The number of hydrogen-bond acceptors (Lipinski definition) is 3. The van der Waals surface area contributed by atoms with E-state index in [1.807, 2.05) is 0 Å². The van der Waals surface area contributed by atoms with Gasteiger partial charge in [-0.2, -0.15) is 0 Å². The average molecular weight is 260 g/mol. The number of halogens is 1. The molecule has 1 aromatic carbocycles. The molecule has 1 aromatic rings. The second-order valence-electron chi connectivity index (χ2n) is 4.19. The van der Waals surface area contributed by atoms with E-state index in [0.29, 0.717) is 6.42 Å². The molecule has 17 heavy (non-hydrogen) atoms. The van der Waals surface area contributed by atoms with Crippen LogP contribution in [0.4, 0.5) is 4.39 Å². The lowest BCUT2D eigenvalue weighted by atomic mass is 10.1. The average Bonchev–Trinajstić information content (AvgIpc) is 2.15. The smallest absolute Gasteiger partial charge is 0.240 e. The van der Waals surface area contributed by atoms with Crippen molar-refractivity contribution >= 4 is 10.0 Å². The first kappa shape index (κ1) is 14.1. The van der Waals surface area contributed by atoms with E-state index in [-0.39, 0.29) is 17.0 Å². The maximum atomic E-state index is 12.9. The molecular formula is C11H17FN2O2S. The molecule has 0 saturated carbocycles. The van der Waals surface area contributed by atoms with Gasteiger partial charge in [-0.05, 0) is 38.5 Å². The van der Waals surface area contributed by atoms with Gasteiger partial charge in [0.2, 0.25) is 10.0 Å². The minimum absolute atomic E-state index is 0.0750. The van der Waals surface area contributed by atoms with Crippen LogP contribution in [0.5, 0.6) is 0 Å². The van der Waals surface area contributed by atoms with Crippen molar-refractivity contribution in [2.24, 2.45) is 5.73 Å². The van der Waals surface area contributed by atoms with Gasteiger partial charge in [0, 0.05) is 12.1 Å². The fourth-order valence-corrected chi connectivity index (χ4v) is 2.86. The molecule has 0 spiro atoms. The zero-order valence-electron chi connectivity index (χ0n) is 9.85. The highest BCUT2D eigenvalue weighted by atomic mass is 32.2. The van der Waals surface area contributed by atoms with Crippen molar-refractivity contribution in [1.29, 1.82) is 0 Å². The second-order valence-corrected chi connectivity index (χ2v) is 5.91. The number of hydrogen-bond donors (Lipinski definition) is 2. The van der Waals surface area contributed by atoms with E-state index in [2.05, 4.69) is 4.72 Å². The highest BCUT2D eigenvalue weighted by Gasteiger charge is 2.18. The molecular weight excluding hydrogens is 243 g/mol. The third kappa shape index (κ3) is 4.41. The molecule has 0 aliphatic rings. The van der Waals surface area contributed by atoms with Gasteiger partial charge < -0.3 is 5.73 Å². The van der Waals surface area contributed by atoms with Crippen LogP contribution in [0, 0.1) is 5.82 Å². The molecule has 0 fully saturated rings. The lowest BCUT2D eigenvalue weighted by Gasteiger charge is -2.16. The first-order valence-corrected chi connectivity index (χ1v) is 6.83. The van der Waals surface area contributed by atoms with Gasteiger partial charge >= 0.3 is 0 Å². The van der Waals surface area contributed by atoms with Crippen LogP contribution in [-0.4, -0.2) is 20.5 Å². The number of benzene rings is 1. The van der Waals surface area contributed by atoms with E-state index in [4.69, 9.17) is 5.73 Å². The number of rotatable bonds is 5. The van der Waals surface area contributed by atoms with Crippen LogP contribution in [0.15, 0.2) is 29.2 Å². The molecule has 0 heterocycles. The normalized spacial score (nSPS) is 15.5. The molecule has 2 atom stereocenters. The molecule has 4 nitrogen and oxygen atoms in total. The first-order chi connectivity index (χ1) is 7.81. The minimum Gasteiger partial charge on any atom is -0.328 e. The third-order valence-electron chi connectivity index (χ3n) is 2.19. The summed E-state index contributed by atoms with van der Waals surface area (Å²) >= 11 is 0. The summed E-state index contributed by atoms with van der Waals surface area (Å²) in [7, 11) is -3.67. The van der Waals surface area contributed by atoms with E-state index < -0.39 is 15.8 Å². The predicted octanol–water partition coefficient (Wildman–Crippen LogP) is 1.23. The first-order valence-electron chi connectivity index (χ1n) is 5.35. The van der Waals surface area contributed by atoms with Gasteiger partial charge in [0.15, 0.2) is 0 Å². The summed E-state index contributed by atoms with van der Waals surface area (Å²) in [6.07, 6.45) is 0.522. The van der Waals surface area contributed by atoms with Crippen LogP contribution in [0.25, 0.3) is 0 Å². The molecule has 96 valence electrons. The highest BCUT2D eigenvalue weighted by Crippen LogP contribution is 2.11. The van der Waals surface area contributed by atoms with Gasteiger partial charge in [-0.25, -0.2) is 17.5 Å². The molecule has 0 amide bonds. The number of nitrogens with two attached hydrogens (primary N) is 1. The maximum absolute atomic E-state index is 12.9. The Morgan fingerprint density at radius 3 is 2.59 bits per heavy atom. The Morgan fingerprint density at radius 1 is 1.41 bits per heavy atom. The Kier molecular flexibility index (Phi) is 4.62. The van der Waals surface area contributed by atoms with Gasteiger partial charge in [-0.3, -0.25) is 0 Å². The molecule has 2 unspecified atom stereocenters. The molecule has 0 saturated heterocycles. The molecule has 0 radical (unpaired) electrons. The van der Waals surface area contributed by atoms with E-state index >= 15 is 0 Å². The third-order valence-corrected chi connectivity index (χ3v) is 3.78. The number of sulfonamides is 1. The van der Waals surface area contributed by atoms with Gasteiger partial charge in [0.1, 0.15) is 5.82 Å². The lowest BCUT2D eigenvalue weighted by molar-refractivity contribution is 0.518. The topological polar surface area (TPSA) is 72.2 Å². The maximum Gasteiger partial charge on any atom is 0.240 e. The van der Waals surface area contributed by atoms with Crippen molar-refractivity contribution in [2.45, 2.75) is 37.2 Å². The van der Waals surface area contributed by atoms with Gasteiger partial charge in [-0.15, -0.1) is 0 Å². The summed E-state index contributed by atoms with van der Waals surface area (Å²) < 4.78 is 39.1. The van der Waals surface area contributed by atoms with E-state index in [0.717, 1.165) is 6.07 Å². The van der Waals surface area contributed by atoms with Crippen LogP contribution in [0.2, 0.25) is 0 Å². The van der Waals surface area contributed by atoms with Crippen molar-refractivity contribution < 1.29 is 12.8 Å². The standard InChI is InChI=1S/C11H17FN2O2S/c1-8(13)6-9(2)14-17(15,16)11-5-3-4-10(12)7-11/h3-5,7-9,14H,6,13H2,1-2H3. The second kappa shape index (κ2) is 5.57. The van der Waals surface area contributed by atoms with Crippen molar-refractivity contribution in [3.8, 4) is 0 Å². The Hall–Kier alpha value is -0.980. The van der Waals surface area contributed by atoms with Crippen molar-refractivity contribution in [3.05, 3.63) is 30.1 Å². The summed E-state index contributed by atoms with van der Waals surface area (Å²) in [6, 6.07) is 4.51. The molecule has 1 rings (SSSR count). The zero-order chi connectivity index (χ0) is 13.1. The van der Waals surface area contributed by atoms with Gasteiger partial charge in [0.25, 0.3) is 0 Å². The van der Waals surface area contributed by atoms with Gasteiger partial charge in [0.05, 0.1) is 4.90 Å². The Balaban J connectivity index is 2.82.